The molecule has 2 aromatic heterocycles. The van der Waals surface area contributed by atoms with Crippen molar-refractivity contribution >= 4 is 40.6 Å². The van der Waals surface area contributed by atoms with Crippen molar-refractivity contribution in [2.75, 3.05) is 10.2 Å². The summed E-state index contributed by atoms with van der Waals surface area (Å²) in [5.41, 5.74) is 7.05. The van der Waals surface area contributed by atoms with Crippen molar-refractivity contribution in [2.45, 2.75) is 46.7 Å². The van der Waals surface area contributed by atoms with Crippen molar-refractivity contribution in [1.82, 2.24) is 14.9 Å². The lowest BCUT2D eigenvalue weighted by Crippen LogP contribution is -2.29. The molecule has 8 nitrogen and oxygen atoms in total. The third kappa shape index (κ3) is 5.20. The molecule has 3 N–H and O–H groups in total. The molecule has 9 heteroatoms. The number of nitrogens with zero attached hydrogens (tertiary/aromatic N) is 3. The van der Waals surface area contributed by atoms with Crippen LogP contribution in [0.4, 0.5) is 11.4 Å². The van der Waals surface area contributed by atoms with E-state index in [4.69, 9.17) is 12.2 Å². The number of pyridine rings is 1. The van der Waals surface area contributed by atoms with Crippen molar-refractivity contribution in [3.05, 3.63) is 107 Å². The van der Waals surface area contributed by atoms with E-state index in [1.807, 2.05) is 87.7 Å². The van der Waals surface area contributed by atoms with Crippen LogP contribution in [0.3, 0.4) is 0 Å². The van der Waals surface area contributed by atoms with Gasteiger partial charge in [0.2, 0.25) is 5.91 Å². The van der Waals surface area contributed by atoms with Crippen LogP contribution in [0.15, 0.2) is 72.9 Å². The average molecular weight is 568 g/mol. The standard InChI is InChI=1S/C32H33N5O3S/c1-18(2)30(38)34-25-14-13-22(16-19(25)3)37-29(28(35-32(37)41)26-11-8-9-15-33-26)24-17-20(4)36(21(24)5)27-12-7-6-10-23(27)31(39)40/h6-18,28-29H,1-5H3,(H,34,38)(H,35,41)(H,39,40). The predicted molar refractivity (Wildman–Crippen MR) is 165 cm³/mol. The molecule has 1 aliphatic heterocycles. The van der Waals surface area contributed by atoms with Gasteiger partial charge in [0, 0.05) is 34.9 Å². The quantitative estimate of drug-likeness (QED) is 0.227. The Morgan fingerprint density at radius 2 is 1.76 bits per heavy atom. The molecule has 5 rings (SSSR count). The molecule has 0 radical (unpaired) electrons. The minimum absolute atomic E-state index is 0.0404. The Labute approximate surface area is 245 Å². The topological polar surface area (TPSA) is 99.5 Å². The summed E-state index contributed by atoms with van der Waals surface area (Å²) >= 11 is 5.92. The molecule has 1 fully saturated rings. The number of carbonyl (C=O) groups excluding carboxylic acids is 1. The third-order valence-electron chi connectivity index (χ3n) is 7.53. The van der Waals surface area contributed by atoms with E-state index in [9.17, 15) is 14.7 Å². The molecule has 4 aromatic rings. The average Bonchev–Trinajstić information content (AvgIpc) is 3.44. The summed E-state index contributed by atoms with van der Waals surface area (Å²) in [6, 6.07) is 20.3. The smallest absolute Gasteiger partial charge is 0.337 e. The highest BCUT2D eigenvalue weighted by Crippen LogP contribution is 2.44. The molecular weight excluding hydrogens is 534 g/mol. The summed E-state index contributed by atoms with van der Waals surface area (Å²) in [7, 11) is 0. The highest BCUT2D eigenvalue weighted by atomic mass is 32.1. The summed E-state index contributed by atoms with van der Waals surface area (Å²) < 4.78 is 1.99. The van der Waals surface area contributed by atoms with Crippen molar-refractivity contribution in [2.24, 2.45) is 5.92 Å². The Morgan fingerprint density at radius 3 is 2.41 bits per heavy atom. The van der Waals surface area contributed by atoms with E-state index in [-0.39, 0.29) is 29.5 Å². The lowest BCUT2D eigenvalue weighted by molar-refractivity contribution is -0.118. The number of carbonyl (C=O) groups is 2. The first-order valence-corrected chi connectivity index (χ1v) is 13.9. The van der Waals surface area contributed by atoms with Gasteiger partial charge in [-0.2, -0.15) is 0 Å². The number of carboxylic acids is 1. The van der Waals surface area contributed by atoms with Gasteiger partial charge in [-0.05, 0) is 92.6 Å². The van der Waals surface area contributed by atoms with Crippen molar-refractivity contribution in [1.29, 1.82) is 0 Å². The number of para-hydroxylation sites is 1. The summed E-state index contributed by atoms with van der Waals surface area (Å²) in [5, 5.41) is 16.9. The fourth-order valence-corrected chi connectivity index (χ4v) is 5.82. The monoisotopic (exact) mass is 567 g/mol. The van der Waals surface area contributed by atoms with Crippen molar-refractivity contribution < 1.29 is 14.7 Å². The number of amides is 1. The number of nitrogens with one attached hydrogen (secondary N) is 2. The van der Waals surface area contributed by atoms with E-state index >= 15 is 0 Å². The van der Waals surface area contributed by atoms with Gasteiger partial charge in [-0.1, -0.05) is 32.0 Å². The molecule has 1 aliphatic rings. The van der Waals surface area contributed by atoms with Gasteiger partial charge in [0.15, 0.2) is 5.11 Å². The number of aromatic carboxylic acids is 1. The summed E-state index contributed by atoms with van der Waals surface area (Å²) in [5.74, 6) is -1.15. The molecule has 0 saturated carbocycles. The molecule has 1 amide bonds. The maximum Gasteiger partial charge on any atom is 0.337 e. The van der Waals surface area contributed by atoms with Crippen LogP contribution in [0.2, 0.25) is 0 Å². The maximum atomic E-state index is 12.4. The van der Waals surface area contributed by atoms with Crippen molar-refractivity contribution in [3.63, 3.8) is 0 Å². The van der Waals surface area contributed by atoms with Crippen LogP contribution >= 0.6 is 12.2 Å². The second-order valence-corrected chi connectivity index (χ2v) is 11.0. The van der Waals surface area contributed by atoms with Crippen LogP contribution in [0.25, 0.3) is 5.69 Å². The number of thiocarbonyl (C=S) groups is 1. The molecule has 0 bridgehead atoms. The number of rotatable bonds is 7. The van der Waals surface area contributed by atoms with Gasteiger partial charge in [-0.25, -0.2) is 4.79 Å². The second kappa shape index (κ2) is 11.2. The zero-order valence-corrected chi connectivity index (χ0v) is 24.5. The first-order chi connectivity index (χ1) is 19.6. The summed E-state index contributed by atoms with van der Waals surface area (Å²) in [4.78, 5) is 31.2. The van der Waals surface area contributed by atoms with Gasteiger partial charge in [-0.15, -0.1) is 0 Å². The van der Waals surface area contributed by atoms with Gasteiger partial charge < -0.3 is 25.2 Å². The number of carboxylic acid groups (broad SMARTS) is 1. The lowest BCUT2D eigenvalue weighted by atomic mass is 9.96. The number of hydrogen-bond acceptors (Lipinski definition) is 4. The summed E-state index contributed by atoms with van der Waals surface area (Å²) in [6.07, 6.45) is 1.77. The van der Waals surface area contributed by atoms with E-state index in [0.717, 1.165) is 39.6 Å². The molecule has 2 atom stereocenters. The van der Waals surface area contributed by atoms with Crippen molar-refractivity contribution in [3.8, 4) is 5.69 Å². The fourth-order valence-electron chi connectivity index (χ4n) is 5.47. The van der Waals surface area contributed by atoms with E-state index in [0.29, 0.717) is 10.8 Å². The van der Waals surface area contributed by atoms with Gasteiger partial charge in [0.05, 0.1) is 29.0 Å². The zero-order chi connectivity index (χ0) is 29.4. The molecule has 2 aromatic carbocycles. The Kier molecular flexibility index (Phi) is 7.64. The molecule has 2 unspecified atom stereocenters. The normalized spacial score (nSPS) is 16.6. The van der Waals surface area contributed by atoms with Crippen LogP contribution in [-0.2, 0) is 4.79 Å². The molecule has 3 heterocycles. The largest absolute Gasteiger partial charge is 0.478 e. The lowest BCUT2D eigenvalue weighted by Gasteiger charge is -2.29. The molecule has 210 valence electrons. The number of aryl methyl sites for hydroxylation is 2. The third-order valence-corrected chi connectivity index (χ3v) is 7.85. The minimum Gasteiger partial charge on any atom is -0.478 e. The molecular formula is C32H33N5O3S. The molecule has 1 saturated heterocycles. The number of anilines is 2. The van der Waals surface area contributed by atoms with E-state index in [1.54, 1.807) is 18.3 Å². The molecule has 0 spiro atoms. The highest BCUT2D eigenvalue weighted by molar-refractivity contribution is 7.80. The maximum absolute atomic E-state index is 12.4. The SMILES string of the molecule is Cc1cc(N2C(=S)NC(c3ccccn3)C2c2cc(C)n(-c3ccccc3C(=O)O)c2C)ccc1NC(=O)C(C)C. The minimum atomic E-state index is -0.980. The van der Waals surface area contributed by atoms with E-state index < -0.39 is 5.97 Å². The molecule has 41 heavy (non-hydrogen) atoms. The Bertz CT molecular complexity index is 1650. The van der Waals surface area contributed by atoms with E-state index in [1.165, 1.54) is 0 Å². The first-order valence-electron chi connectivity index (χ1n) is 13.5. The predicted octanol–water partition coefficient (Wildman–Crippen LogP) is 6.27. The van der Waals surface area contributed by atoms with Crippen LogP contribution in [-0.4, -0.2) is 31.6 Å². The Morgan fingerprint density at radius 1 is 1.02 bits per heavy atom. The Hall–Kier alpha value is -4.50. The van der Waals surface area contributed by atoms with Crippen LogP contribution in [0.1, 0.15) is 64.5 Å². The van der Waals surface area contributed by atoms with E-state index in [2.05, 4.69) is 26.6 Å². The first kappa shape index (κ1) is 28.0. The van der Waals surface area contributed by atoms with Gasteiger partial charge in [0.1, 0.15) is 0 Å². The molecule has 0 aliphatic carbocycles. The van der Waals surface area contributed by atoms with Crippen LogP contribution in [0, 0.1) is 26.7 Å². The number of benzene rings is 2. The van der Waals surface area contributed by atoms with Gasteiger partial charge in [-0.3, -0.25) is 9.78 Å². The second-order valence-electron chi connectivity index (χ2n) is 10.6. The zero-order valence-electron chi connectivity index (χ0n) is 23.7. The van der Waals surface area contributed by atoms with Crippen LogP contribution < -0.4 is 15.5 Å². The fraction of sp³-hybridized carbons (Fsp3) is 0.250. The van der Waals surface area contributed by atoms with Gasteiger partial charge >= 0.3 is 5.97 Å². The highest BCUT2D eigenvalue weighted by Gasteiger charge is 2.42. The number of hydrogen-bond donors (Lipinski definition) is 3. The number of aromatic nitrogens is 2. The summed E-state index contributed by atoms with van der Waals surface area (Å²) in [6.45, 7) is 9.67. The van der Waals surface area contributed by atoms with Gasteiger partial charge in [0.25, 0.3) is 0 Å². The Balaban J connectivity index is 1.65. The van der Waals surface area contributed by atoms with Crippen LogP contribution in [0.5, 0.6) is 0 Å².